The van der Waals surface area contributed by atoms with Gasteiger partial charge in [0.05, 0.1) is 0 Å². The minimum atomic E-state index is -0.564. The van der Waals surface area contributed by atoms with Crippen LogP contribution in [0.5, 0.6) is 0 Å². The predicted molar refractivity (Wildman–Crippen MR) is 102 cm³/mol. The quantitative estimate of drug-likeness (QED) is 0.730. The van der Waals surface area contributed by atoms with Gasteiger partial charge in [0.2, 0.25) is 0 Å². The van der Waals surface area contributed by atoms with E-state index < -0.39 is 5.60 Å². The third kappa shape index (κ3) is 3.24. The van der Waals surface area contributed by atoms with E-state index in [2.05, 4.69) is 0 Å². The van der Waals surface area contributed by atoms with Crippen LogP contribution in [-0.2, 0) is 16.0 Å². The average Bonchev–Trinajstić information content (AvgIpc) is 2.83. The summed E-state index contributed by atoms with van der Waals surface area (Å²) < 4.78 is 7.28. The van der Waals surface area contributed by atoms with Gasteiger partial charge in [-0.25, -0.2) is 4.79 Å². The van der Waals surface area contributed by atoms with E-state index in [1.165, 1.54) is 0 Å². The average molecular weight is 351 g/mol. The number of rotatable bonds is 2. The van der Waals surface area contributed by atoms with Crippen LogP contribution in [0, 0.1) is 13.8 Å². The first kappa shape index (κ1) is 18.2. The molecule has 1 aliphatic rings. The van der Waals surface area contributed by atoms with Crippen molar-refractivity contribution in [2.45, 2.75) is 52.6 Å². The van der Waals surface area contributed by atoms with Crippen molar-refractivity contribution in [2.75, 3.05) is 0 Å². The molecule has 1 aromatic carbocycles. The highest BCUT2D eigenvalue weighted by atomic mass is 16.6. The molecular formula is C22H25NO3. The highest BCUT2D eigenvalue weighted by molar-refractivity contribution is 5.88. The largest absolute Gasteiger partial charge is 0.443 e. The van der Waals surface area contributed by atoms with Crippen molar-refractivity contribution in [1.82, 2.24) is 4.57 Å². The lowest BCUT2D eigenvalue weighted by Crippen LogP contribution is -2.29. The smallest absolute Gasteiger partial charge is 0.418 e. The van der Waals surface area contributed by atoms with Gasteiger partial charge in [0, 0.05) is 22.9 Å². The first-order chi connectivity index (χ1) is 12.2. The number of carbonyl (C=O) groups excluding carboxylic acids is 2. The lowest BCUT2D eigenvalue weighted by Gasteiger charge is -2.25. The Balaban J connectivity index is 2.11. The first-order valence-electron chi connectivity index (χ1n) is 8.88. The molecule has 136 valence electrons. The summed E-state index contributed by atoms with van der Waals surface area (Å²) in [4.78, 5) is 24.5. The Kier molecular flexibility index (Phi) is 4.61. The molecule has 0 saturated heterocycles. The summed E-state index contributed by atoms with van der Waals surface area (Å²) in [6.07, 6.45) is 3.08. The number of nitrogens with zero attached hydrogens (tertiary/aromatic N) is 1. The number of allylic oxidation sites excluding steroid dienone is 1. The zero-order valence-electron chi connectivity index (χ0n) is 16.0. The second kappa shape index (κ2) is 6.60. The van der Waals surface area contributed by atoms with Gasteiger partial charge in [-0.3, -0.25) is 9.36 Å². The number of ether oxygens (including phenoxy) is 1. The molecule has 0 saturated carbocycles. The van der Waals surface area contributed by atoms with E-state index in [1.807, 2.05) is 71.0 Å². The van der Waals surface area contributed by atoms with Crippen LogP contribution in [0.25, 0.3) is 6.08 Å². The standard InChI is InChI=1S/C22H25NO3/c1-14-15(2)23(21(25)26-22(3,4)5)20-12-19(16-9-7-6-8-10-16)17(13-24)11-18(14)20/h6-11,13,19H,12H2,1-5H3/t19-/m1/s1. The maximum absolute atomic E-state index is 12.8. The molecule has 26 heavy (non-hydrogen) atoms. The number of fused-ring (bicyclic) bond motifs is 1. The second-order valence-corrected chi connectivity index (χ2v) is 7.82. The summed E-state index contributed by atoms with van der Waals surface area (Å²) in [7, 11) is 0. The zero-order valence-corrected chi connectivity index (χ0v) is 16.0. The fraction of sp³-hybridized carbons (Fsp3) is 0.364. The molecule has 2 aromatic rings. The van der Waals surface area contributed by atoms with Gasteiger partial charge in [-0.1, -0.05) is 30.3 Å². The maximum Gasteiger partial charge on any atom is 0.418 e. The topological polar surface area (TPSA) is 48.3 Å². The number of carbonyl (C=O) groups is 2. The second-order valence-electron chi connectivity index (χ2n) is 7.82. The van der Waals surface area contributed by atoms with Crippen LogP contribution < -0.4 is 0 Å². The molecule has 1 atom stereocenters. The Morgan fingerprint density at radius 1 is 1.19 bits per heavy atom. The molecule has 0 fully saturated rings. The number of hydrogen-bond acceptors (Lipinski definition) is 3. The fourth-order valence-electron chi connectivity index (χ4n) is 3.54. The minimum absolute atomic E-state index is 0.0592. The number of benzene rings is 1. The highest BCUT2D eigenvalue weighted by Crippen LogP contribution is 2.38. The van der Waals surface area contributed by atoms with Gasteiger partial charge < -0.3 is 4.74 Å². The van der Waals surface area contributed by atoms with Crippen molar-refractivity contribution in [1.29, 1.82) is 0 Å². The SMILES string of the molecule is Cc1c2c(n(C(=O)OC(C)(C)C)c1C)C[C@H](c1ccccc1)C(C=O)=C2. The normalized spacial score (nSPS) is 16.7. The van der Waals surface area contributed by atoms with E-state index in [9.17, 15) is 9.59 Å². The van der Waals surface area contributed by atoms with E-state index in [1.54, 1.807) is 4.57 Å². The molecule has 1 heterocycles. The van der Waals surface area contributed by atoms with Gasteiger partial charge in [-0.05, 0) is 63.8 Å². The Labute approximate surface area is 154 Å². The highest BCUT2D eigenvalue weighted by Gasteiger charge is 2.31. The molecule has 1 aromatic heterocycles. The molecule has 0 unspecified atom stereocenters. The summed E-state index contributed by atoms with van der Waals surface area (Å²) in [5, 5.41) is 0. The van der Waals surface area contributed by atoms with E-state index in [4.69, 9.17) is 4.74 Å². The zero-order chi connectivity index (χ0) is 19.1. The van der Waals surface area contributed by atoms with Gasteiger partial charge >= 0.3 is 6.09 Å². The molecule has 1 aliphatic carbocycles. The van der Waals surface area contributed by atoms with E-state index in [0.29, 0.717) is 6.42 Å². The summed E-state index contributed by atoms with van der Waals surface area (Å²) >= 11 is 0. The van der Waals surface area contributed by atoms with Crippen molar-refractivity contribution < 1.29 is 14.3 Å². The number of aromatic nitrogens is 1. The Bertz CT molecular complexity index is 882. The molecule has 4 nitrogen and oxygen atoms in total. The lowest BCUT2D eigenvalue weighted by atomic mass is 9.82. The van der Waals surface area contributed by atoms with Crippen LogP contribution in [0.3, 0.4) is 0 Å². The van der Waals surface area contributed by atoms with Crippen molar-refractivity contribution in [3.63, 3.8) is 0 Å². The summed E-state index contributed by atoms with van der Waals surface area (Å²) in [6.45, 7) is 9.49. The van der Waals surface area contributed by atoms with Gasteiger partial charge in [-0.15, -0.1) is 0 Å². The molecule has 0 radical (unpaired) electrons. The van der Waals surface area contributed by atoms with Crippen LogP contribution in [0.2, 0.25) is 0 Å². The Morgan fingerprint density at radius 3 is 2.42 bits per heavy atom. The van der Waals surface area contributed by atoms with Crippen molar-refractivity contribution in [2.24, 2.45) is 0 Å². The third-order valence-electron chi connectivity index (χ3n) is 4.89. The lowest BCUT2D eigenvalue weighted by molar-refractivity contribution is -0.105. The van der Waals surface area contributed by atoms with Crippen LogP contribution in [0.1, 0.15) is 54.8 Å². The van der Waals surface area contributed by atoms with E-state index >= 15 is 0 Å². The Hall–Kier alpha value is -2.62. The molecule has 0 amide bonds. The molecule has 0 bridgehead atoms. The molecule has 0 spiro atoms. The van der Waals surface area contributed by atoms with Crippen LogP contribution in [0.15, 0.2) is 35.9 Å². The van der Waals surface area contributed by atoms with Gasteiger partial charge in [0.1, 0.15) is 11.9 Å². The molecule has 3 rings (SSSR count). The van der Waals surface area contributed by atoms with Gasteiger partial charge in [0.25, 0.3) is 0 Å². The van der Waals surface area contributed by atoms with Crippen LogP contribution in [-0.4, -0.2) is 22.5 Å². The van der Waals surface area contributed by atoms with E-state index in [-0.39, 0.29) is 12.0 Å². The maximum atomic E-state index is 12.8. The summed E-state index contributed by atoms with van der Waals surface area (Å²) in [5.41, 5.74) is 5.00. The van der Waals surface area contributed by atoms with Crippen LogP contribution in [0.4, 0.5) is 4.79 Å². The van der Waals surface area contributed by atoms with Crippen molar-refractivity contribution in [3.05, 3.63) is 64.0 Å². The van der Waals surface area contributed by atoms with Crippen molar-refractivity contribution in [3.8, 4) is 0 Å². The predicted octanol–water partition coefficient (Wildman–Crippen LogP) is 4.81. The monoisotopic (exact) mass is 351 g/mol. The number of hydrogen-bond donors (Lipinski definition) is 0. The molecule has 4 heteroatoms. The van der Waals surface area contributed by atoms with Crippen LogP contribution >= 0.6 is 0 Å². The van der Waals surface area contributed by atoms with E-state index in [0.717, 1.165) is 39.9 Å². The molecular weight excluding hydrogens is 326 g/mol. The van der Waals surface area contributed by atoms with Gasteiger partial charge in [-0.2, -0.15) is 0 Å². The third-order valence-corrected chi connectivity index (χ3v) is 4.89. The molecule has 0 N–H and O–H groups in total. The minimum Gasteiger partial charge on any atom is -0.443 e. The Morgan fingerprint density at radius 2 is 1.85 bits per heavy atom. The first-order valence-corrected chi connectivity index (χ1v) is 8.88. The van der Waals surface area contributed by atoms with Gasteiger partial charge in [0.15, 0.2) is 0 Å². The fourth-order valence-corrected chi connectivity index (χ4v) is 3.54. The summed E-state index contributed by atoms with van der Waals surface area (Å²) in [5.74, 6) is -0.0592. The number of aldehydes is 1. The summed E-state index contributed by atoms with van der Waals surface area (Å²) in [6, 6.07) is 9.94. The van der Waals surface area contributed by atoms with Crippen molar-refractivity contribution >= 4 is 18.5 Å². The molecule has 0 aliphatic heterocycles.